The molecule has 21 heavy (non-hydrogen) atoms. The van der Waals surface area contributed by atoms with Gasteiger partial charge >= 0.3 is 0 Å². The molecule has 120 valence electrons. The molecule has 0 heterocycles. The number of ether oxygens (including phenoxy) is 1. The van der Waals surface area contributed by atoms with Crippen LogP contribution in [0.15, 0.2) is 24.3 Å². The minimum absolute atomic E-state index is 0. The molecule has 0 saturated carbocycles. The number of rotatable bonds is 8. The smallest absolute Gasteiger partial charge is 0.239 e. The fourth-order valence-corrected chi connectivity index (χ4v) is 1.83. The summed E-state index contributed by atoms with van der Waals surface area (Å²) in [6.45, 7) is 4.70. The summed E-state index contributed by atoms with van der Waals surface area (Å²) in [5.41, 5.74) is 5.10. The Balaban J connectivity index is 0.00000400. The van der Waals surface area contributed by atoms with E-state index < -0.39 is 5.54 Å². The molecule has 1 aromatic carbocycles. The summed E-state index contributed by atoms with van der Waals surface area (Å²) in [6.07, 6.45) is 2.20. The van der Waals surface area contributed by atoms with Gasteiger partial charge in [0.25, 0.3) is 0 Å². The number of carbonyl (C=O) groups is 1. The van der Waals surface area contributed by atoms with E-state index in [4.69, 9.17) is 10.5 Å². The number of hydrogen-bond donors (Lipinski definition) is 2. The van der Waals surface area contributed by atoms with Crippen molar-refractivity contribution in [2.24, 2.45) is 5.73 Å². The van der Waals surface area contributed by atoms with Crippen molar-refractivity contribution >= 4 is 18.3 Å². The molecule has 1 rings (SSSR count). The monoisotopic (exact) mass is 318 g/mol. The molecular weight excluding hydrogens is 295 g/mol. The van der Waals surface area contributed by atoms with Crippen molar-refractivity contribution in [1.29, 1.82) is 0 Å². The Morgan fingerprint density at radius 2 is 2.00 bits per heavy atom. The van der Waals surface area contributed by atoms with E-state index in [1.807, 2.05) is 6.92 Å². The number of amides is 1. The van der Waals surface area contributed by atoms with E-state index in [9.17, 15) is 9.18 Å². The van der Waals surface area contributed by atoms with Crippen LogP contribution in [0.3, 0.4) is 0 Å². The molecule has 6 heteroatoms. The van der Waals surface area contributed by atoms with Crippen molar-refractivity contribution in [3.8, 4) is 5.75 Å². The summed E-state index contributed by atoms with van der Waals surface area (Å²) in [5.74, 6) is 0.191. The SMILES string of the molecule is CCCC(C)(N)C(=O)NCCCOc1ccc(F)cc1.Cl. The molecule has 3 N–H and O–H groups in total. The number of hydrogen-bond acceptors (Lipinski definition) is 3. The molecule has 0 aliphatic heterocycles. The number of nitrogens with two attached hydrogens (primary N) is 1. The Hall–Kier alpha value is -1.33. The lowest BCUT2D eigenvalue weighted by Crippen LogP contribution is -2.51. The zero-order chi connectivity index (χ0) is 15.0. The molecule has 0 aromatic heterocycles. The first kappa shape index (κ1) is 19.7. The highest BCUT2D eigenvalue weighted by molar-refractivity contribution is 5.85. The van der Waals surface area contributed by atoms with E-state index in [1.54, 1.807) is 19.1 Å². The van der Waals surface area contributed by atoms with Crippen LogP contribution in [0, 0.1) is 5.82 Å². The van der Waals surface area contributed by atoms with Gasteiger partial charge in [-0.15, -0.1) is 12.4 Å². The zero-order valence-electron chi connectivity index (χ0n) is 12.5. The quantitative estimate of drug-likeness (QED) is 0.724. The predicted octanol–water partition coefficient (Wildman–Crippen LogP) is 2.65. The molecule has 0 bridgehead atoms. The molecule has 0 radical (unpaired) electrons. The molecule has 0 fully saturated rings. The van der Waals surface area contributed by atoms with Gasteiger partial charge in [-0.1, -0.05) is 13.3 Å². The maximum Gasteiger partial charge on any atom is 0.239 e. The Morgan fingerprint density at radius 3 is 2.57 bits per heavy atom. The van der Waals surface area contributed by atoms with Crippen molar-refractivity contribution in [1.82, 2.24) is 5.32 Å². The first-order chi connectivity index (χ1) is 9.45. The minimum atomic E-state index is -0.813. The van der Waals surface area contributed by atoms with E-state index in [-0.39, 0.29) is 24.1 Å². The van der Waals surface area contributed by atoms with Gasteiger partial charge < -0.3 is 15.8 Å². The van der Waals surface area contributed by atoms with E-state index in [1.165, 1.54) is 12.1 Å². The van der Waals surface area contributed by atoms with Gasteiger partial charge in [-0.3, -0.25) is 4.79 Å². The number of halogens is 2. The molecule has 0 spiro atoms. The van der Waals surface area contributed by atoms with Crippen molar-refractivity contribution in [3.63, 3.8) is 0 Å². The maximum absolute atomic E-state index is 12.7. The Kier molecular flexibility index (Phi) is 8.97. The third kappa shape index (κ3) is 7.29. The number of benzene rings is 1. The van der Waals surface area contributed by atoms with Gasteiger partial charge in [0.1, 0.15) is 11.6 Å². The lowest BCUT2D eigenvalue weighted by atomic mass is 9.96. The lowest BCUT2D eigenvalue weighted by molar-refractivity contribution is -0.126. The molecular formula is C15H24ClFN2O2. The highest BCUT2D eigenvalue weighted by Crippen LogP contribution is 2.11. The molecule has 4 nitrogen and oxygen atoms in total. The summed E-state index contributed by atoms with van der Waals surface area (Å²) in [4.78, 5) is 11.8. The van der Waals surface area contributed by atoms with Crippen LogP contribution in [-0.4, -0.2) is 24.6 Å². The maximum atomic E-state index is 12.7. The van der Waals surface area contributed by atoms with Crippen LogP contribution >= 0.6 is 12.4 Å². The molecule has 0 aliphatic carbocycles. The number of carbonyl (C=O) groups excluding carboxylic acids is 1. The van der Waals surface area contributed by atoms with Crippen molar-refractivity contribution in [2.45, 2.75) is 38.6 Å². The van der Waals surface area contributed by atoms with E-state index in [2.05, 4.69) is 5.32 Å². The second kappa shape index (κ2) is 9.58. The van der Waals surface area contributed by atoms with Gasteiger partial charge in [-0.05, 0) is 44.0 Å². The molecule has 0 saturated heterocycles. The highest BCUT2D eigenvalue weighted by Gasteiger charge is 2.26. The topological polar surface area (TPSA) is 64.4 Å². The van der Waals surface area contributed by atoms with Gasteiger partial charge in [0.15, 0.2) is 0 Å². The van der Waals surface area contributed by atoms with Crippen LogP contribution in [0.25, 0.3) is 0 Å². The second-order valence-corrected chi connectivity index (χ2v) is 5.08. The van der Waals surface area contributed by atoms with Crippen LogP contribution in [0.4, 0.5) is 4.39 Å². The average Bonchev–Trinajstić information content (AvgIpc) is 2.40. The van der Waals surface area contributed by atoms with E-state index in [0.717, 1.165) is 6.42 Å². The lowest BCUT2D eigenvalue weighted by Gasteiger charge is -2.22. The van der Waals surface area contributed by atoms with Crippen LogP contribution in [0.5, 0.6) is 5.75 Å². The first-order valence-corrected chi connectivity index (χ1v) is 6.91. The van der Waals surface area contributed by atoms with Gasteiger partial charge in [0, 0.05) is 6.54 Å². The van der Waals surface area contributed by atoms with Crippen LogP contribution in [-0.2, 0) is 4.79 Å². The molecule has 1 aromatic rings. The normalized spacial score (nSPS) is 13.0. The van der Waals surface area contributed by atoms with Gasteiger partial charge in [-0.2, -0.15) is 0 Å². The minimum Gasteiger partial charge on any atom is -0.494 e. The van der Waals surface area contributed by atoms with Crippen LogP contribution in [0.1, 0.15) is 33.1 Å². The van der Waals surface area contributed by atoms with Gasteiger partial charge in [0.2, 0.25) is 5.91 Å². The molecule has 1 amide bonds. The van der Waals surface area contributed by atoms with Crippen LogP contribution in [0.2, 0.25) is 0 Å². The summed E-state index contributed by atoms with van der Waals surface area (Å²) in [7, 11) is 0. The summed E-state index contributed by atoms with van der Waals surface area (Å²) in [6, 6.07) is 5.85. The fraction of sp³-hybridized carbons (Fsp3) is 0.533. The molecule has 1 unspecified atom stereocenters. The highest BCUT2D eigenvalue weighted by atomic mass is 35.5. The first-order valence-electron chi connectivity index (χ1n) is 6.91. The average molecular weight is 319 g/mol. The molecule has 0 aliphatic rings. The van der Waals surface area contributed by atoms with Crippen molar-refractivity contribution < 1.29 is 13.9 Å². The van der Waals surface area contributed by atoms with Crippen LogP contribution < -0.4 is 15.8 Å². The summed E-state index contributed by atoms with van der Waals surface area (Å²) < 4.78 is 18.1. The predicted molar refractivity (Wildman–Crippen MR) is 84.3 cm³/mol. The van der Waals surface area contributed by atoms with E-state index in [0.29, 0.717) is 31.7 Å². The van der Waals surface area contributed by atoms with Crippen molar-refractivity contribution in [2.75, 3.05) is 13.2 Å². The second-order valence-electron chi connectivity index (χ2n) is 5.08. The Bertz CT molecular complexity index is 424. The third-order valence-corrected chi connectivity index (χ3v) is 2.98. The third-order valence-electron chi connectivity index (χ3n) is 2.98. The van der Waals surface area contributed by atoms with E-state index >= 15 is 0 Å². The largest absolute Gasteiger partial charge is 0.494 e. The Labute approximate surface area is 131 Å². The summed E-state index contributed by atoms with van der Waals surface area (Å²) in [5, 5.41) is 2.80. The molecule has 1 atom stereocenters. The standard InChI is InChI=1S/C15H23FN2O2.ClH/c1-3-9-15(2,17)14(19)18-10-4-11-20-13-7-5-12(16)6-8-13;/h5-8H,3-4,9-11,17H2,1-2H3,(H,18,19);1H. The van der Waals surface area contributed by atoms with Crippen molar-refractivity contribution in [3.05, 3.63) is 30.1 Å². The van der Waals surface area contributed by atoms with Gasteiger partial charge in [-0.25, -0.2) is 4.39 Å². The Morgan fingerprint density at radius 1 is 1.38 bits per heavy atom. The fourth-order valence-electron chi connectivity index (χ4n) is 1.83. The summed E-state index contributed by atoms with van der Waals surface area (Å²) >= 11 is 0. The zero-order valence-corrected chi connectivity index (χ0v) is 13.3. The number of nitrogens with one attached hydrogen (secondary N) is 1. The van der Waals surface area contributed by atoms with Gasteiger partial charge in [0.05, 0.1) is 12.1 Å².